The number of likely N-dealkylation sites (N-methyl/N-ethyl adjacent to an activating group) is 1. The van der Waals surface area contributed by atoms with Crippen LogP contribution < -0.4 is 10.2 Å². The van der Waals surface area contributed by atoms with Crippen LogP contribution in [-0.4, -0.2) is 40.1 Å². The number of hydrogen-bond donors (Lipinski definition) is 2. The van der Waals surface area contributed by atoms with E-state index in [0.29, 0.717) is 18.2 Å². The van der Waals surface area contributed by atoms with E-state index >= 15 is 0 Å². The number of para-hydroxylation sites is 1. The first-order chi connectivity index (χ1) is 14.1. The number of benzene rings is 2. The summed E-state index contributed by atoms with van der Waals surface area (Å²) in [5.74, 6) is 0.658. The molecule has 2 amide bonds. The molecule has 3 atom stereocenters. The van der Waals surface area contributed by atoms with Crippen molar-refractivity contribution >= 4 is 17.5 Å². The quantitative estimate of drug-likeness (QED) is 0.719. The van der Waals surface area contributed by atoms with Crippen LogP contribution in [0.5, 0.6) is 0 Å². The highest BCUT2D eigenvalue weighted by Crippen LogP contribution is 2.54. The van der Waals surface area contributed by atoms with E-state index in [-0.39, 0.29) is 17.6 Å². The third-order valence-corrected chi connectivity index (χ3v) is 5.81. The SMILES string of the molecule is CN1C(=O)[C@H](NC(=O)c2nnc(Cc3ccccc3)[nH]2)[C@H]2CC2c2ccccc21. The fourth-order valence-electron chi connectivity index (χ4n) is 4.20. The molecule has 1 unspecified atom stereocenters. The number of carbonyl (C=O) groups is 2. The lowest BCUT2D eigenvalue weighted by molar-refractivity contribution is -0.120. The number of carbonyl (C=O) groups excluding carboxylic acids is 2. The second-order valence-corrected chi connectivity index (χ2v) is 7.70. The second kappa shape index (κ2) is 6.84. The summed E-state index contributed by atoms with van der Waals surface area (Å²) in [6, 6.07) is 17.2. The summed E-state index contributed by atoms with van der Waals surface area (Å²) >= 11 is 0. The number of H-pyrrole nitrogens is 1. The molecule has 2 aromatic carbocycles. The molecular weight excluding hydrogens is 366 g/mol. The van der Waals surface area contributed by atoms with Gasteiger partial charge in [-0.05, 0) is 35.4 Å². The van der Waals surface area contributed by atoms with Crippen LogP contribution in [0, 0.1) is 5.92 Å². The minimum atomic E-state index is -0.562. The van der Waals surface area contributed by atoms with Gasteiger partial charge in [-0.25, -0.2) is 0 Å². The number of rotatable bonds is 4. The van der Waals surface area contributed by atoms with Crippen LogP contribution in [0.3, 0.4) is 0 Å². The van der Waals surface area contributed by atoms with Crippen molar-refractivity contribution in [1.82, 2.24) is 20.5 Å². The predicted octanol–water partition coefficient (Wildman–Crippen LogP) is 2.27. The van der Waals surface area contributed by atoms with Crippen molar-refractivity contribution in [1.29, 1.82) is 0 Å². The molecule has 1 saturated carbocycles. The highest BCUT2D eigenvalue weighted by atomic mass is 16.2. The molecule has 1 aromatic heterocycles. The minimum absolute atomic E-state index is 0.0974. The Hall–Kier alpha value is -3.48. The van der Waals surface area contributed by atoms with E-state index in [1.54, 1.807) is 11.9 Å². The molecule has 0 saturated heterocycles. The Balaban J connectivity index is 1.32. The Morgan fingerprint density at radius 2 is 1.90 bits per heavy atom. The first-order valence-electron chi connectivity index (χ1n) is 9.74. The molecule has 7 nitrogen and oxygen atoms in total. The molecular formula is C22H21N5O2. The van der Waals surface area contributed by atoms with Crippen molar-refractivity contribution in [2.45, 2.75) is 24.8 Å². The standard InChI is InChI=1S/C22H21N5O2/c1-27-17-10-6-5-9-14(17)15-12-16(15)19(22(27)29)24-21(28)20-23-18(25-26-20)11-13-7-3-2-4-8-13/h2-10,15-16,19H,11-12H2,1H3,(H,24,28)(H,23,25,26)/t15?,16-,19+/m0/s1. The van der Waals surface area contributed by atoms with Crippen LogP contribution in [0.1, 0.15) is 39.9 Å². The topological polar surface area (TPSA) is 91.0 Å². The van der Waals surface area contributed by atoms with Gasteiger partial charge in [0.25, 0.3) is 5.91 Å². The third kappa shape index (κ3) is 3.18. The molecule has 7 heteroatoms. The number of aromatic amines is 1. The average molecular weight is 387 g/mol. The van der Waals surface area contributed by atoms with Crippen LogP contribution in [-0.2, 0) is 11.2 Å². The predicted molar refractivity (Wildman–Crippen MR) is 108 cm³/mol. The van der Waals surface area contributed by atoms with E-state index in [0.717, 1.165) is 17.7 Å². The Bertz CT molecular complexity index is 1080. The fourth-order valence-corrected chi connectivity index (χ4v) is 4.20. The van der Waals surface area contributed by atoms with Gasteiger partial charge in [-0.2, -0.15) is 0 Å². The highest BCUT2D eigenvalue weighted by molar-refractivity contribution is 6.03. The summed E-state index contributed by atoms with van der Waals surface area (Å²) in [7, 11) is 1.76. The number of hydrogen-bond acceptors (Lipinski definition) is 4. The highest BCUT2D eigenvalue weighted by Gasteiger charge is 2.51. The molecule has 0 spiro atoms. The van der Waals surface area contributed by atoms with Crippen molar-refractivity contribution in [2.24, 2.45) is 5.92 Å². The molecule has 1 aliphatic carbocycles. The van der Waals surface area contributed by atoms with Crippen molar-refractivity contribution in [2.75, 3.05) is 11.9 Å². The lowest BCUT2D eigenvalue weighted by Crippen LogP contribution is -2.48. The molecule has 2 heterocycles. The molecule has 146 valence electrons. The Morgan fingerprint density at radius 3 is 2.72 bits per heavy atom. The van der Waals surface area contributed by atoms with Gasteiger partial charge < -0.3 is 15.2 Å². The van der Waals surface area contributed by atoms with Crippen LogP contribution in [0.15, 0.2) is 54.6 Å². The van der Waals surface area contributed by atoms with Gasteiger partial charge in [0.05, 0.1) is 0 Å². The Kier molecular flexibility index (Phi) is 4.16. The first-order valence-corrected chi connectivity index (χ1v) is 9.74. The number of amides is 2. The Labute approximate surface area is 168 Å². The van der Waals surface area contributed by atoms with Crippen LogP contribution in [0.4, 0.5) is 5.69 Å². The maximum Gasteiger partial charge on any atom is 0.289 e. The van der Waals surface area contributed by atoms with Gasteiger partial charge in [0, 0.05) is 19.2 Å². The molecule has 0 bridgehead atoms. The lowest BCUT2D eigenvalue weighted by atomic mass is 10.1. The molecule has 2 aliphatic rings. The van der Waals surface area contributed by atoms with Crippen molar-refractivity contribution < 1.29 is 9.59 Å². The minimum Gasteiger partial charge on any atom is -0.337 e. The van der Waals surface area contributed by atoms with Gasteiger partial charge in [-0.15, -0.1) is 10.2 Å². The van der Waals surface area contributed by atoms with Gasteiger partial charge in [-0.1, -0.05) is 48.5 Å². The van der Waals surface area contributed by atoms with E-state index in [9.17, 15) is 9.59 Å². The number of aromatic nitrogens is 3. The van der Waals surface area contributed by atoms with E-state index < -0.39 is 11.9 Å². The zero-order chi connectivity index (χ0) is 20.0. The number of anilines is 1. The number of fused-ring (bicyclic) bond motifs is 3. The first kappa shape index (κ1) is 17.6. The van der Waals surface area contributed by atoms with Crippen molar-refractivity contribution in [3.05, 3.63) is 77.4 Å². The zero-order valence-corrected chi connectivity index (χ0v) is 16.0. The third-order valence-electron chi connectivity index (χ3n) is 5.81. The molecule has 1 fully saturated rings. The monoisotopic (exact) mass is 387 g/mol. The maximum atomic E-state index is 13.0. The van der Waals surface area contributed by atoms with E-state index in [1.165, 1.54) is 5.56 Å². The molecule has 29 heavy (non-hydrogen) atoms. The van der Waals surface area contributed by atoms with Crippen LogP contribution in [0.2, 0.25) is 0 Å². The molecule has 5 rings (SSSR count). The number of nitrogens with zero attached hydrogens (tertiary/aromatic N) is 3. The van der Waals surface area contributed by atoms with Crippen molar-refractivity contribution in [3.8, 4) is 0 Å². The van der Waals surface area contributed by atoms with Gasteiger partial charge in [-0.3, -0.25) is 9.59 Å². The summed E-state index contributed by atoms with van der Waals surface area (Å²) in [5.41, 5.74) is 3.18. The van der Waals surface area contributed by atoms with E-state index in [1.807, 2.05) is 48.5 Å². The summed E-state index contributed by atoms with van der Waals surface area (Å²) in [4.78, 5) is 30.4. The van der Waals surface area contributed by atoms with Gasteiger partial charge in [0.2, 0.25) is 11.7 Å². The maximum absolute atomic E-state index is 13.0. The normalized spacial score (nSPS) is 22.4. The zero-order valence-electron chi connectivity index (χ0n) is 16.0. The summed E-state index contributed by atoms with van der Waals surface area (Å²) in [5, 5.41) is 11.0. The average Bonchev–Trinajstić information content (AvgIpc) is 3.41. The second-order valence-electron chi connectivity index (χ2n) is 7.70. The smallest absolute Gasteiger partial charge is 0.289 e. The van der Waals surface area contributed by atoms with Crippen molar-refractivity contribution in [3.63, 3.8) is 0 Å². The number of nitrogens with one attached hydrogen (secondary N) is 2. The van der Waals surface area contributed by atoms with Gasteiger partial charge in [0.15, 0.2) is 0 Å². The van der Waals surface area contributed by atoms with Gasteiger partial charge in [0.1, 0.15) is 11.9 Å². The van der Waals surface area contributed by atoms with Crippen LogP contribution >= 0.6 is 0 Å². The van der Waals surface area contributed by atoms with E-state index in [4.69, 9.17) is 0 Å². The molecule has 2 N–H and O–H groups in total. The van der Waals surface area contributed by atoms with E-state index in [2.05, 4.69) is 26.6 Å². The largest absolute Gasteiger partial charge is 0.337 e. The lowest BCUT2D eigenvalue weighted by Gasteiger charge is -2.23. The molecule has 3 aromatic rings. The Morgan fingerprint density at radius 1 is 1.14 bits per heavy atom. The molecule has 0 radical (unpaired) electrons. The molecule has 1 aliphatic heterocycles. The van der Waals surface area contributed by atoms with Gasteiger partial charge >= 0.3 is 0 Å². The fraction of sp³-hybridized carbons (Fsp3) is 0.273. The summed E-state index contributed by atoms with van der Waals surface area (Å²) in [6.07, 6.45) is 1.46. The summed E-state index contributed by atoms with van der Waals surface area (Å²) in [6.45, 7) is 0. The summed E-state index contributed by atoms with van der Waals surface area (Å²) < 4.78 is 0. The van der Waals surface area contributed by atoms with Crippen LogP contribution in [0.25, 0.3) is 0 Å².